The number of carbonyl (C=O) groups is 4. The lowest BCUT2D eigenvalue weighted by Crippen LogP contribution is -2.11. The van der Waals surface area contributed by atoms with E-state index in [9.17, 15) is 19.2 Å². The van der Waals surface area contributed by atoms with Crippen LogP contribution in [-0.4, -0.2) is 51.2 Å². The van der Waals surface area contributed by atoms with Gasteiger partial charge in [0, 0.05) is 35.2 Å². The van der Waals surface area contributed by atoms with Gasteiger partial charge in [0.2, 0.25) is 11.8 Å². The van der Waals surface area contributed by atoms with E-state index >= 15 is 0 Å². The molecule has 0 aliphatic rings. The molecule has 2 aromatic carbocycles. The fourth-order valence-corrected chi connectivity index (χ4v) is 3.34. The molecule has 0 atom stereocenters. The van der Waals surface area contributed by atoms with Gasteiger partial charge < -0.3 is 29.6 Å². The minimum absolute atomic E-state index is 0.179. The van der Waals surface area contributed by atoms with E-state index in [1.807, 2.05) is 36.4 Å². The van der Waals surface area contributed by atoms with E-state index in [1.54, 1.807) is 30.3 Å². The van der Waals surface area contributed by atoms with Gasteiger partial charge in [0.25, 0.3) is 0 Å². The summed E-state index contributed by atoms with van der Waals surface area (Å²) in [6.07, 6.45) is 0. The van der Waals surface area contributed by atoms with Crippen LogP contribution in [0.15, 0.2) is 30.3 Å². The van der Waals surface area contributed by atoms with E-state index in [-0.39, 0.29) is 11.8 Å². The maximum atomic E-state index is 11.6. The van der Waals surface area contributed by atoms with Crippen LogP contribution in [0.4, 0.5) is 11.4 Å². The van der Waals surface area contributed by atoms with Gasteiger partial charge in [-0.25, -0.2) is 9.59 Å². The average molecular weight is 600 g/mol. The summed E-state index contributed by atoms with van der Waals surface area (Å²) in [7, 11) is 2.62. The number of amides is 2. The summed E-state index contributed by atoms with van der Waals surface area (Å²) in [4.78, 5) is 45.0. The van der Waals surface area contributed by atoms with Crippen molar-refractivity contribution < 1.29 is 38.1 Å². The summed E-state index contributed by atoms with van der Waals surface area (Å²) in [6.45, 7) is 7.31. The second-order valence-corrected chi connectivity index (χ2v) is 7.91. The first-order valence-corrected chi connectivity index (χ1v) is 11.6. The Balaban J connectivity index is 0.000000351. The Bertz CT molecular complexity index is 1070. The second kappa shape index (κ2) is 14.8. The molecule has 0 fully saturated rings. The van der Waals surface area contributed by atoms with Gasteiger partial charge in [-0.05, 0) is 54.6 Å². The number of nitrogens with one attached hydrogen (secondary N) is 2. The van der Waals surface area contributed by atoms with Crippen molar-refractivity contribution >= 4 is 57.7 Å². The number of anilines is 2. The predicted octanol–water partition coefficient (Wildman–Crippen LogP) is 4.27. The van der Waals surface area contributed by atoms with Crippen LogP contribution in [-0.2, 0) is 19.1 Å². The Labute approximate surface area is 217 Å². The normalized spacial score (nSPS) is 9.69. The lowest BCUT2D eigenvalue weighted by atomic mass is 10.2. The minimum atomic E-state index is -0.470. The van der Waals surface area contributed by atoms with Crippen LogP contribution in [0, 0.1) is 3.57 Å². The Morgan fingerprint density at radius 3 is 1.77 bits per heavy atom. The lowest BCUT2D eigenvalue weighted by molar-refractivity contribution is -0.115. The van der Waals surface area contributed by atoms with Crippen LogP contribution in [0.5, 0.6) is 11.5 Å². The zero-order valence-corrected chi connectivity index (χ0v) is 22.6. The maximum Gasteiger partial charge on any atom is 0.341 e. The van der Waals surface area contributed by atoms with Crippen LogP contribution in [0.25, 0.3) is 0 Å². The highest BCUT2D eigenvalue weighted by atomic mass is 127. The third-order valence-electron chi connectivity index (χ3n) is 4.09. The summed E-state index contributed by atoms with van der Waals surface area (Å²) in [6, 6.07) is 8.02. The number of carbonyl (C=O) groups excluding carboxylic acids is 4. The van der Waals surface area contributed by atoms with E-state index in [1.165, 1.54) is 28.1 Å². The smallest absolute Gasteiger partial charge is 0.341 e. The van der Waals surface area contributed by atoms with Crippen molar-refractivity contribution in [2.75, 3.05) is 38.1 Å². The van der Waals surface area contributed by atoms with E-state index in [0.29, 0.717) is 47.2 Å². The molecule has 0 aromatic heterocycles. The Hall–Kier alpha value is -3.35. The Morgan fingerprint density at radius 2 is 1.29 bits per heavy atom. The predicted molar refractivity (Wildman–Crippen MR) is 139 cm³/mol. The number of benzene rings is 2. The van der Waals surface area contributed by atoms with E-state index in [0.717, 1.165) is 3.57 Å². The standard InChI is InChI=1S/C12H14INO4.C12H15NO4/c1-4-18-11-6-10(14-7(2)15)9(13)5-8(11)12(16)17-3;1-4-17-11-7-9(13-8(2)14)5-6-10(11)12(15)16-3/h5-6H,4H2,1-3H3,(H,14,15);5-7H,4H2,1-3H3,(H,13,14). The summed E-state index contributed by atoms with van der Waals surface area (Å²) >= 11 is 2.04. The summed E-state index contributed by atoms with van der Waals surface area (Å²) in [5, 5.41) is 5.29. The van der Waals surface area contributed by atoms with Crippen LogP contribution in [0.1, 0.15) is 48.4 Å². The van der Waals surface area contributed by atoms with Gasteiger partial charge in [-0.1, -0.05) is 0 Å². The van der Waals surface area contributed by atoms with Gasteiger partial charge in [0.1, 0.15) is 22.6 Å². The molecule has 2 amide bonds. The Kier molecular flexibility index (Phi) is 12.6. The fraction of sp³-hybridized carbons (Fsp3) is 0.333. The first kappa shape index (κ1) is 29.7. The van der Waals surface area contributed by atoms with Crippen molar-refractivity contribution in [2.24, 2.45) is 0 Å². The van der Waals surface area contributed by atoms with Gasteiger partial charge >= 0.3 is 11.9 Å². The van der Waals surface area contributed by atoms with Crippen LogP contribution in [0.2, 0.25) is 0 Å². The van der Waals surface area contributed by atoms with Crippen molar-refractivity contribution in [1.29, 1.82) is 0 Å². The maximum absolute atomic E-state index is 11.6. The highest BCUT2D eigenvalue weighted by Crippen LogP contribution is 2.29. The molecule has 11 heteroatoms. The molecule has 2 N–H and O–H groups in total. The second-order valence-electron chi connectivity index (χ2n) is 6.75. The van der Waals surface area contributed by atoms with Crippen molar-refractivity contribution in [3.05, 3.63) is 45.0 Å². The van der Waals surface area contributed by atoms with E-state index in [2.05, 4.69) is 20.1 Å². The highest BCUT2D eigenvalue weighted by molar-refractivity contribution is 14.1. The summed E-state index contributed by atoms with van der Waals surface area (Å²) in [5.74, 6) is -0.507. The molecule has 2 aromatic rings. The summed E-state index contributed by atoms with van der Waals surface area (Å²) < 4.78 is 20.8. The summed E-state index contributed by atoms with van der Waals surface area (Å²) in [5.41, 5.74) is 1.87. The monoisotopic (exact) mass is 600 g/mol. The SMILES string of the molecule is CCOc1cc(NC(C)=O)c(I)cc1C(=O)OC.CCOc1cc(NC(C)=O)ccc1C(=O)OC. The molecule has 0 unspecified atom stereocenters. The number of ether oxygens (including phenoxy) is 4. The average Bonchev–Trinajstić information content (AvgIpc) is 2.80. The topological polar surface area (TPSA) is 129 Å². The van der Waals surface area contributed by atoms with Crippen LogP contribution in [0.3, 0.4) is 0 Å². The van der Waals surface area contributed by atoms with Gasteiger partial charge in [-0.2, -0.15) is 0 Å². The first-order chi connectivity index (χ1) is 16.6. The molecule has 190 valence electrons. The van der Waals surface area contributed by atoms with Crippen molar-refractivity contribution in [3.8, 4) is 11.5 Å². The fourth-order valence-electron chi connectivity index (χ4n) is 2.74. The lowest BCUT2D eigenvalue weighted by Gasteiger charge is -2.13. The molecule has 35 heavy (non-hydrogen) atoms. The third-order valence-corrected chi connectivity index (χ3v) is 4.98. The van der Waals surface area contributed by atoms with Gasteiger partial charge in [0.05, 0.1) is 33.1 Å². The van der Waals surface area contributed by atoms with Crippen molar-refractivity contribution in [1.82, 2.24) is 0 Å². The van der Waals surface area contributed by atoms with Gasteiger partial charge in [-0.3, -0.25) is 9.59 Å². The van der Waals surface area contributed by atoms with Gasteiger partial charge in [-0.15, -0.1) is 0 Å². The molecule has 0 aliphatic heterocycles. The van der Waals surface area contributed by atoms with Crippen molar-refractivity contribution in [2.45, 2.75) is 27.7 Å². The van der Waals surface area contributed by atoms with E-state index < -0.39 is 11.9 Å². The molecule has 0 heterocycles. The molecule has 0 spiro atoms. The molecule has 10 nitrogen and oxygen atoms in total. The first-order valence-electron chi connectivity index (χ1n) is 10.5. The molecular formula is C24H29IN2O8. The molecule has 0 bridgehead atoms. The number of halogens is 1. The molecule has 0 aliphatic carbocycles. The molecule has 2 rings (SSSR count). The zero-order chi connectivity index (χ0) is 26.5. The number of esters is 2. The largest absolute Gasteiger partial charge is 0.493 e. The highest BCUT2D eigenvalue weighted by Gasteiger charge is 2.17. The Morgan fingerprint density at radius 1 is 0.771 bits per heavy atom. The zero-order valence-electron chi connectivity index (χ0n) is 20.4. The number of hydrogen-bond donors (Lipinski definition) is 2. The van der Waals surface area contributed by atoms with Gasteiger partial charge in [0.15, 0.2) is 0 Å². The number of hydrogen-bond acceptors (Lipinski definition) is 8. The molecule has 0 saturated heterocycles. The van der Waals surface area contributed by atoms with Crippen molar-refractivity contribution in [3.63, 3.8) is 0 Å². The van der Waals surface area contributed by atoms with Crippen LogP contribution < -0.4 is 20.1 Å². The number of rotatable bonds is 8. The quantitative estimate of drug-likeness (QED) is 0.340. The molecular weight excluding hydrogens is 571 g/mol. The van der Waals surface area contributed by atoms with Crippen LogP contribution >= 0.6 is 22.6 Å². The molecule has 0 radical (unpaired) electrons. The molecule has 0 saturated carbocycles. The minimum Gasteiger partial charge on any atom is -0.493 e. The van der Waals surface area contributed by atoms with E-state index in [4.69, 9.17) is 9.47 Å². The third kappa shape index (κ3) is 9.43. The number of methoxy groups -OCH3 is 2.